The average molecular weight is 328 g/mol. The standard InChI is InChI=1S/C14H18BrNO3/c1-3-19-14(18)9-13(17)16-7-6-11-8-12(15)5-4-10(11)2/h4-5,8H,3,6-7,9H2,1-2H3,(H,16,17). The second-order valence-corrected chi connectivity index (χ2v) is 5.07. The molecule has 0 atom stereocenters. The van der Waals surface area contributed by atoms with Gasteiger partial charge in [0.15, 0.2) is 0 Å². The van der Waals surface area contributed by atoms with E-state index in [1.54, 1.807) is 6.92 Å². The van der Waals surface area contributed by atoms with E-state index < -0.39 is 5.97 Å². The van der Waals surface area contributed by atoms with Gasteiger partial charge in [-0.05, 0) is 43.5 Å². The number of carbonyl (C=O) groups excluding carboxylic acids is 2. The average Bonchev–Trinajstić information content (AvgIpc) is 2.33. The van der Waals surface area contributed by atoms with Crippen molar-refractivity contribution in [3.05, 3.63) is 33.8 Å². The van der Waals surface area contributed by atoms with Crippen LogP contribution in [0.2, 0.25) is 0 Å². The van der Waals surface area contributed by atoms with Crippen molar-refractivity contribution >= 4 is 27.8 Å². The summed E-state index contributed by atoms with van der Waals surface area (Å²) in [5.74, 6) is -0.787. The first-order valence-electron chi connectivity index (χ1n) is 6.20. The minimum absolute atomic E-state index is 0.217. The molecular weight excluding hydrogens is 310 g/mol. The van der Waals surface area contributed by atoms with E-state index in [2.05, 4.69) is 21.2 Å². The fourth-order valence-electron chi connectivity index (χ4n) is 1.65. The Morgan fingerprint density at radius 2 is 2.11 bits per heavy atom. The molecule has 0 aromatic heterocycles. The van der Waals surface area contributed by atoms with E-state index in [0.29, 0.717) is 13.2 Å². The summed E-state index contributed by atoms with van der Waals surface area (Å²) in [5, 5.41) is 2.71. The number of esters is 1. The lowest BCUT2D eigenvalue weighted by Crippen LogP contribution is -2.28. The molecule has 5 heteroatoms. The number of ether oxygens (including phenoxy) is 1. The summed E-state index contributed by atoms with van der Waals surface area (Å²) in [6, 6.07) is 6.05. The number of nitrogens with one attached hydrogen (secondary N) is 1. The molecule has 104 valence electrons. The summed E-state index contributed by atoms with van der Waals surface area (Å²) >= 11 is 3.42. The van der Waals surface area contributed by atoms with E-state index in [9.17, 15) is 9.59 Å². The lowest BCUT2D eigenvalue weighted by molar-refractivity contribution is -0.145. The van der Waals surface area contributed by atoms with Gasteiger partial charge >= 0.3 is 5.97 Å². The fraction of sp³-hybridized carbons (Fsp3) is 0.429. The maximum Gasteiger partial charge on any atom is 0.315 e. The summed E-state index contributed by atoms with van der Waals surface area (Å²) in [6.07, 6.45) is 0.519. The molecule has 4 nitrogen and oxygen atoms in total. The SMILES string of the molecule is CCOC(=O)CC(=O)NCCc1cc(Br)ccc1C. The van der Waals surface area contributed by atoms with E-state index in [0.717, 1.165) is 10.9 Å². The normalized spacial score (nSPS) is 10.1. The van der Waals surface area contributed by atoms with Crippen molar-refractivity contribution in [3.8, 4) is 0 Å². The van der Waals surface area contributed by atoms with Crippen LogP contribution in [0.3, 0.4) is 0 Å². The Morgan fingerprint density at radius 1 is 1.37 bits per heavy atom. The molecule has 0 aliphatic rings. The van der Waals surface area contributed by atoms with Crippen molar-refractivity contribution in [2.75, 3.05) is 13.2 Å². The minimum atomic E-state index is -0.487. The molecule has 19 heavy (non-hydrogen) atoms. The quantitative estimate of drug-likeness (QED) is 0.644. The minimum Gasteiger partial charge on any atom is -0.466 e. The van der Waals surface area contributed by atoms with Gasteiger partial charge < -0.3 is 10.1 Å². The summed E-state index contributed by atoms with van der Waals surface area (Å²) in [4.78, 5) is 22.5. The molecule has 0 radical (unpaired) electrons. The second kappa shape index (κ2) is 7.94. The largest absolute Gasteiger partial charge is 0.466 e. The zero-order chi connectivity index (χ0) is 14.3. The van der Waals surface area contributed by atoms with E-state index in [1.165, 1.54) is 11.1 Å². The van der Waals surface area contributed by atoms with Crippen LogP contribution in [0, 0.1) is 6.92 Å². The van der Waals surface area contributed by atoms with Crippen LogP contribution in [-0.4, -0.2) is 25.0 Å². The van der Waals surface area contributed by atoms with Gasteiger partial charge in [0, 0.05) is 11.0 Å². The Kier molecular flexibility index (Phi) is 6.56. The summed E-state index contributed by atoms with van der Waals surface area (Å²) in [5.41, 5.74) is 2.36. The predicted molar refractivity (Wildman–Crippen MR) is 76.8 cm³/mol. The maximum atomic E-state index is 11.4. The number of halogens is 1. The summed E-state index contributed by atoms with van der Waals surface area (Å²) < 4.78 is 5.73. The van der Waals surface area contributed by atoms with Crippen LogP contribution in [0.15, 0.2) is 22.7 Å². The molecule has 0 saturated carbocycles. The first-order valence-corrected chi connectivity index (χ1v) is 6.99. The molecule has 0 aliphatic heterocycles. The number of rotatable bonds is 6. The van der Waals surface area contributed by atoms with Crippen molar-refractivity contribution in [1.82, 2.24) is 5.32 Å². The molecule has 0 aliphatic carbocycles. The van der Waals surface area contributed by atoms with E-state index >= 15 is 0 Å². The van der Waals surface area contributed by atoms with Crippen LogP contribution in [0.4, 0.5) is 0 Å². The third-order valence-corrected chi connectivity index (χ3v) is 3.13. The highest BCUT2D eigenvalue weighted by Crippen LogP contribution is 2.16. The third kappa shape index (κ3) is 5.87. The second-order valence-electron chi connectivity index (χ2n) is 4.15. The van der Waals surface area contributed by atoms with Crippen LogP contribution in [0.5, 0.6) is 0 Å². The van der Waals surface area contributed by atoms with E-state index in [1.807, 2.05) is 25.1 Å². The molecule has 0 bridgehead atoms. The third-order valence-electron chi connectivity index (χ3n) is 2.64. The first kappa shape index (κ1) is 15.7. The Morgan fingerprint density at radius 3 is 2.79 bits per heavy atom. The summed E-state index contributed by atoms with van der Waals surface area (Å²) in [7, 11) is 0. The lowest BCUT2D eigenvalue weighted by atomic mass is 10.1. The molecule has 1 N–H and O–H groups in total. The molecule has 1 aromatic rings. The van der Waals surface area contributed by atoms with Crippen molar-refractivity contribution in [2.24, 2.45) is 0 Å². The highest BCUT2D eigenvalue weighted by molar-refractivity contribution is 9.10. The number of hydrogen-bond acceptors (Lipinski definition) is 3. The van der Waals surface area contributed by atoms with Gasteiger partial charge in [-0.1, -0.05) is 22.0 Å². The molecule has 0 heterocycles. The highest BCUT2D eigenvalue weighted by atomic mass is 79.9. The molecular formula is C14H18BrNO3. The van der Waals surface area contributed by atoms with Crippen LogP contribution in [0.1, 0.15) is 24.5 Å². The zero-order valence-electron chi connectivity index (χ0n) is 11.2. The number of amides is 1. The number of carbonyl (C=O) groups is 2. The van der Waals surface area contributed by atoms with Gasteiger partial charge in [0.2, 0.25) is 5.91 Å². The van der Waals surface area contributed by atoms with E-state index in [4.69, 9.17) is 4.74 Å². The van der Waals surface area contributed by atoms with Gasteiger partial charge in [0.25, 0.3) is 0 Å². The Balaban J connectivity index is 2.35. The topological polar surface area (TPSA) is 55.4 Å². The maximum absolute atomic E-state index is 11.4. The highest BCUT2D eigenvalue weighted by Gasteiger charge is 2.09. The van der Waals surface area contributed by atoms with Crippen molar-refractivity contribution in [3.63, 3.8) is 0 Å². The fourth-order valence-corrected chi connectivity index (χ4v) is 2.06. The van der Waals surface area contributed by atoms with Crippen molar-refractivity contribution in [2.45, 2.75) is 26.7 Å². The molecule has 0 saturated heterocycles. The van der Waals surface area contributed by atoms with Gasteiger partial charge in [-0.15, -0.1) is 0 Å². The van der Waals surface area contributed by atoms with E-state index in [-0.39, 0.29) is 12.3 Å². The first-order chi connectivity index (χ1) is 9.02. The smallest absolute Gasteiger partial charge is 0.315 e. The van der Waals surface area contributed by atoms with Crippen molar-refractivity contribution < 1.29 is 14.3 Å². The van der Waals surface area contributed by atoms with Gasteiger partial charge in [0.05, 0.1) is 6.61 Å². The molecule has 1 rings (SSSR count). The van der Waals surface area contributed by atoms with Gasteiger partial charge in [0.1, 0.15) is 6.42 Å². The van der Waals surface area contributed by atoms with Crippen LogP contribution in [-0.2, 0) is 20.7 Å². The molecule has 0 spiro atoms. The molecule has 1 amide bonds. The number of benzene rings is 1. The van der Waals surface area contributed by atoms with Crippen molar-refractivity contribution in [1.29, 1.82) is 0 Å². The monoisotopic (exact) mass is 327 g/mol. The van der Waals surface area contributed by atoms with Gasteiger partial charge in [-0.2, -0.15) is 0 Å². The van der Waals surface area contributed by atoms with Crippen LogP contribution in [0.25, 0.3) is 0 Å². The Labute approximate surface area is 121 Å². The molecule has 0 fully saturated rings. The van der Waals surface area contributed by atoms with Gasteiger partial charge in [-0.3, -0.25) is 9.59 Å². The van der Waals surface area contributed by atoms with Crippen LogP contribution < -0.4 is 5.32 Å². The zero-order valence-corrected chi connectivity index (χ0v) is 12.7. The van der Waals surface area contributed by atoms with Gasteiger partial charge in [-0.25, -0.2) is 0 Å². The summed E-state index contributed by atoms with van der Waals surface area (Å²) in [6.45, 7) is 4.55. The number of aryl methyl sites for hydroxylation is 1. The number of hydrogen-bond donors (Lipinski definition) is 1. The molecule has 0 unspecified atom stereocenters. The Bertz CT molecular complexity index is 460. The lowest BCUT2D eigenvalue weighted by Gasteiger charge is -2.08. The Hall–Kier alpha value is -1.36. The molecule has 1 aromatic carbocycles. The predicted octanol–water partition coefficient (Wildman–Crippen LogP) is 2.37. The van der Waals surface area contributed by atoms with Crippen LogP contribution >= 0.6 is 15.9 Å².